The number of hydrogen-bond acceptors (Lipinski definition) is 5. The van der Waals surface area contributed by atoms with Gasteiger partial charge < -0.3 is 14.5 Å². The highest BCUT2D eigenvalue weighted by Crippen LogP contribution is 2.24. The lowest BCUT2D eigenvalue weighted by Gasteiger charge is -2.40. The van der Waals surface area contributed by atoms with Crippen LogP contribution >= 0.6 is 0 Å². The van der Waals surface area contributed by atoms with Gasteiger partial charge in [0.2, 0.25) is 5.88 Å². The summed E-state index contributed by atoms with van der Waals surface area (Å²) in [6.07, 6.45) is 1.51. The molecule has 1 saturated heterocycles. The van der Waals surface area contributed by atoms with E-state index >= 15 is 0 Å². The molecule has 6 heteroatoms. The minimum absolute atomic E-state index is 0.0727. The fraction of sp³-hybridized carbons (Fsp3) is 0.227. The first-order chi connectivity index (χ1) is 13.7. The Labute approximate surface area is 164 Å². The van der Waals surface area contributed by atoms with Crippen LogP contribution in [0.15, 0.2) is 73.1 Å². The summed E-state index contributed by atoms with van der Waals surface area (Å²) >= 11 is 0. The highest BCUT2D eigenvalue weighted by atomic mass is 16.5. The molecule has 28 heavy (non-hydrogen) atoms. The molecule has 0 radical (unpaired) electrons. The Bertz CT molecular complexity index is 934. The Morgan fingerprint density at radius 2 is 1.71 bits per heavy atom. The van der Waals surface area contributed by atoms with Gasteiger partial charge in [0.05, 0.1) is 0 Å². The van der Waals surface area contributed by atoms with E-state index in [2.05, 4.69) is 21.8 Å². The van der Waals surface area contributed by atoms with Crippen molar-refractivity contribution in [1.82, 2.24) is 14.9 Å². The van der Waals surface area contributed by atoms with Crippen molar-refractivity contribution in [2.24, 2.45) is 0 Å². The number of amides is 1. The minimum Gasteiger partial charge on any atom is -0.439 e. The SMILES string of the molecule is CC1CN(c2cc(Oc3ccccc3)ncn2)CCN1C(=O)c1ccccc1. The Morgan fingerprint density at radius 1 is 1.00 bits per heavy atom. The zero-order valence-electron chi connectivity index (χ0n) is 15.7. The Hall–Kier alpha value is -3.41. The Balaban J connectivity index is 1.44. The fourth-order valence-corrected chi connectivity index (χ4v) is 3.38. The van der Waals surface area contributed by atoms with E-state index in [0.29, 0.717) is 25.5 Å². The number of aromatic nitrogens is 2. The zero-order chi connectivity index (χ0) is 19.3. The number of ether oxygens (including phenoxy) is 1. The molecule has 1 atom stereocenters. The number of nitrogens with zero attached hydrogens (tertiary/aromatic N) is 4. The number of anilines is 1. The lowest BCUT2D eigenvalue weighted by molar-refractivity contribution is 0.0673. The van der Waals surface area contributed by atoms with Gasteiger partial charge in [-0.05, 0) is 31.2 Å². The second-order valence-corrected chi connectivity index (χ2v) is 6.79. The van der Waals surface area contributed by atoms with Crippen LogP contribution in [-0.4, -0.2) is 46.5 Å². The van der Waals surface area contributed by atoms with Crippen molar-refractivity contribution in [2.45, 2.75) is 13.0 Å². The summed E-state index contributed by atoms with van der Waals surface area (Å²) in [6, 6.07) is 20.9. The van der Waals surface area contributed by atoms with Gasteiger partial charge >= 0.3 is 0 Å². The van der Waals surface area contributed by atoms with Gasteiger partial charge in [-0.1, -0.05) is 36.4 Å². The maximum atomic E-state index is 12.8. The van der Waals surface area contributed by atoms with E-state index in [1.165, 1.54) is 6.33 Å². The standard InChI is InChI=1S/C22H22N4O2/c1-17-15-25(12-13-26(17)22(27)18-8-4-2-5-9-18)20-14-21(24-16-23-20)28-19-10-6-3-7-11-19/h2-11,14,16-17H,12-13,15H2,1H3. The van der Waals surface area contributed by atoms with Crippen molar-refractivity contribution in [3.63, 3.8) is 0 Å². The summed E-state index contributed by atoms with van der Waals surface area (Å²) in [4.78, 5) is 25.5. The maximum Gasteiger partial charge on any atom is 0.254 e. The van der Waals surface area contributed by atoms with Crippen LogP contribution in [0.2, 0.25) is 0 Å². The lowest BCUT2D eigenvalue weighted by Crippen LogP contribution is -2.54. The van der Waals surface area contributed by atoms with Crippen LogP contribution in [0.4, 0.5) is 5.82 Å². The van der Waals surface area contributed by atoms with Gasteiger partial charge in [0, 0.05) is 37.3 Å². The molecule has 0 bridgehead atoms. The average molecular weight is 374 g/mol. The third-order valence-electron chi connectivity index (χ3n) is 4.83. The first kappa shape index (κ1) is 18.0. The predicted molar refractivity (Wildman–Crippen MR) is 108 cm³/mol. The van der Waals surface area contributed by atoms with E-state index in [9.17, 15) is 4.79 Å². The van der Waals surface area contributed by atoms with E-state index < -0.39 is 0 Å². The van der Waals surface area contributed by atoms with Crippen LogP contribution in [0.25, 0.3) is 0 Å². The van der Waals surface area contributed by atoms with E-state index in [1.807, 2.05) is 71.6 Å². The number of benzene rings is 2. The van der Waals surface area contributed by atoms with Gasteiger partial charge in [-0.25, -0.2) is 9.97 Å². The fourth-order valence-electron chi connectivity index (χ4n) is 3.38. The molecule has 0 saturated carbocycles. The number of carbonyl (C=O) groups is 1. The summed E-state index contributed by atoms with van der Waals surface area (Å²) in [6.45, 7) is 4.13. The van der Waals surface area contributed by atoms with Gasteiger partial charge in [0.1, 0.15) is 17.9 Å². The van der Waals surface area contributed by atoms with Crippen LogP contribution in [0.5, 0.6) is 11.6 Å². The molecular formula is C22H22N4O2. The van der Waals surface area contributed by atoms with E-state index in [-0.39, 0.29) is 11.9 Å². The maximum absolute atomic E-state index is 12.8. The van der Waals surface area contributed by atoms with Crippen molar-refractivity contribution in [3.8, 4) is 11.6 Å². The highest BCUT2D eigenvalue weighted by molar-refractivity contribution is 5.94. The largest absolute Gasteiger partial charge is 0.439 e. The van der Waals surface area contributed by atoms with Crippen LogP contribution in [0.1, 0.15) is 17.3 Å². The number of hydrogen-bond donors (Lipinski definition) is 0. The third-order valence-corrected chi connectivity index (χ3v) is 4.83. The highest BCUT2D eigenvalue weighted by Gasteiger charge is 2.28. The summed E-state index contributed by atoms with van der Waals surface area (Å²) in [7, 11) is 0. The van der Waals surface area contributed by atoms with Crippen LogP contribution in [-0.2, 0) is 0 Å². The van der Waals surface area contributed by atoms with Gasteiger partial charge in [-0.2, -0.15) is 0 Å². The van der Waals surface area contributed by atoms with Crippen molar-refractivity contribution >= 4 is 11.7 Å². The predicted octanol–water partition coefficient (Wildman–Crippen LogP) is 3.62. The quantitative estimate of drug-likeness (QED) is 0.698. The number of rotatable bonds is 4. The molecule has 0 aliphatic carbocycles. The van der Waals surface area contributed by atoms with Gasteiger partial charge in [0.15, 0.2) is 0 Å². The molecule has 3 aromatic rings. The van der Waals surface area contributed by atoms with E-state index in [0.717, 1.165) is 17.1 Å². The monoisotopic (exact) mass is 374 g/mol. The van der Waals surface area contributed by atoms with Crippen LogP contribution < -0.4 is 9.64 Å². The Morgan fingerprint density at radius 3 is 2.43 bits per heavy atom. The summed E-state index contributed by atoms with van der Waals surface area (Å²) in [5.41, 5.74) is 0.725. The zero-order valence-corrected chi connectivity index (χ0v) is 15.7. The van der Waals surface area contributed by atoms with Crippen molar-refractivity contribution in [1.29, 1.82) is 0 Å². The van der Waals surface area contributed by atoms with Crippen LogP contribution in [0, 0.1) is 0 Å². The van der Waals surface area contributed by atoms with Crippen LogP contribution in [0.3, 0.4) is 0 Å². The molecule has 0 spiro atoms. The summed E-state index contributed by atoms with van der Waals surface area (Å²) in [5.74, 6) is 2.12. The number of carbonyl (C=O) groups excluding carboxylic acids is 1. The summed E-state index contributed by atoms with van der Waals surface area (Å²) < 4.78 is 5.81. The molecule has 2 heterocycles. The molecule has 0 N–H and O–H groups in total. The summed E-state index contributed by atoms with van der Waals surface area (Å²) in [5, 5.41) is 0. The van der Waals surface area contributed by atoms with Crippen molar-refractivity contribution in [2.75, 3.05) is 24.5 Å². The minimum atomic E-state index is 0.0727. The lowest BCUT2D eigenvalue weighted by atomic mass is 10.1. The van der Waals surface area contributed by atoms with Gasteiger partial charge in [0.25, 0.3) is 5.91 Å². The van der Waals surface area contributed by atoms with E-state index in [4.69, 9.17) is 4.74 Å². The topological polar surface area (TPSA) is 58.6 Å². The average Bonchev–Trinajstić information content (AvgIpc) is 2.75. The molecule has 4 rings (SSSR count). The molecule has 1 unspecified atom stereocenters. The second-order valence-electron chi connectivity index (χ2n) is 6.79. The molecule has 142 valence electrons. The first-order valence-corrected chi connectivity index (χ1v) is 9.36. The van der Waals surface area contributed by atoms with Crippen molar-refractivity contribution < 1.29 is 9.53 Å². The Kier molecular flexibility index (Phi) is 5.19. The second kappa shape index (κ2) is 8.08. The normalized spacial score (nSPS) is 16.7. The molecule has 1 aromatic heterocycles. The molecule has 2 aromatic carbocycles. The molecule has 1 fully saturated rings. The third kappa shape index (κ3) is 3.96. The van der Waals surface area contributed by atoms with Crippen molar-refractivity contribution in [3.05, 3.63) is 78.6 Å². The molecule has 1 aliphatic heterocycles. The molecule has 1 aliphatic rings. The van der Waals surface area contributed by atoms with Gasteiger partial charge in [-0.3, -0.25) is 4.79 Å². The number of para-hydroxylation sites is 1. The smallest absolute Gasteiger partial charge is 0.254 e. The van der Waals surface area contributed by atoms with E-state index in [1.54, 1.807) is 0 Å². The van der Waals surface area contributed by atoms with Gasteiger partial charge in [-0.15, -0.1) is 0 Å². The first-order valence-electron chi connectivity index (χ1n) is 9.36. The molecule has 1 amide bonds. The molecule has 6 nitrogen and oxygen atoms in total. The number of piperazine rings is 1. The molecular weight excluding hydrogens is 352 g/mol.